The average Bonchev–Trinajstić information content (AvgIpc) is 3.44. The Labute approximate surface area is 211 Å². The minimum atomic E-state index is -0.140. The molecule has 9 heteroatoms. The summed E-state index contributed by atoms with van der Waals surface area (Å²) in [5.41, 5.74) is 1.00. The molecule has 0 aromatic heterocycles. The number of carbonyl (C=O) groups excluding carboxylic acids is 2. The molecule has 1 aromatic carbocycles. The number of nitrogens with one attached hydrogen (secondary N) is 2. The molecular weight excluding hydrogens is 543 g/mol. The van der Waals surface area contributed by atoms with Crippen LogP contribution in [-0.4, -0.2) is 56.0 Å². The van der Waals surface area contributed by atoms with Crippen molar-refractivity contribution in [3.63, 3.8) is 0 Å². The molecule has 4 rings (SSSR count). The number of allylic oxidation sites excluding steroid dienone is 2. The number of benzene rings is 1. The first-order chi connectivity index (χ1) is 15.0. The first-order valence-electron chi connectivity index (χ1n) is 10.9. The Bertz CT molecular complexity index is 893. The highest BCUT2D eigenvalue weighted by Crippen LogP contribution is 2.52. The Morgan fingerprint density at radius 3 is 2.47 bits per heavy atom. The molecular formula is C23H30ClIN4O3. The van der Waals surface area contributed by atoms with Gasteiger partial charge in [0.25, 0.3) is 0 Å². The molecule has 1 heterocycles. The molecule has 2 N–H and O–H groups in total. The van der Waals surface area contributed by atoms with Gasteiger partial charge in [-0.25, -0.2) is 0 Å². The van der Waals surface area contributed by atoms with Crippen LogP contribution in [0.2, 0.25) is 5.02 Å². The smallest absolute Gasteiger partial charge is 0.233 e. The number of carbonyl (C=O) groups is 2. The van der Waals surface area contributed by atoms with Gasteiger partial charge in [0.05, 0.1) is 18.9 Å². The van der Waals surface area contributed by atoms with E-state index in [1.165, 1.54) is 4.90 Å². The summed E-state index contributed by atoms with van der Waals surface area (Å²) < 4.78 is 5.18. The van der Waals surface area contributed by atoms with Crippen molar-refractivity contribution >= 4 is 53.4 Å². The first kappa shape index (κ1) is 24.8. The van der Waals surface area contributed by atoms with E-state index >= 15 is 0 Å². The number of fused-ring (bicyclic) bond motifs is 5. The summed E-state index contributed by atoms with van der Waals surface area (Å²) in [7, 11) is 1.61. The van der Waals surface area contributed by atoms with Gasteiger partial charge in [-0.1, -0.05) is 29.8 Å². The molecule has 2 bridgehead atoms. The van der Waals surface area contributed by atoms with Crippen molar-refractivity contribution in [3.05, 3.63) is 40.9 Å². The quantitative estimate of drug-likeness (QED) is 0.165. The Kier molecular flexibility index (Phi) is 8.43. The zero-order valence-electron chi connectivity index (χ0n) is 18.3. The lowest BCUT2D eigenvalue weighted by molar-refractivity contribution is -0.140. The average molecular weight is 573 g/mol. The van der Waals surface area contributed by atoms with Crippen LogP contribution in [0.3, 0.4) is 0 Å². The molecule has 32 heavy (non-hydrogen) atoms. The van der Waals surface area contributed by atoms with Gasteiger partial charge in [-0.15, -0.1) is 24.0 Å². The van der Waals surface area contributed by atoms with Crippen LogP contribution >= 0.6 is 35.6 Å². The van der Waals surface area contributed by atoms with E-state index in [2.05, 4.69) is 27.8 Å². The lowest BCUT2D eigenvalue weighted by Gasteiger charge is -2.18. The van der Waals surface area contributed by atoms with E-state index in [0.29, 0.717) is 37.0 Å². The summed E-state index contributed by atoms with van der Waals surface area (Å²) in [4.78, 5) is 31.6. The van der Waals surface area contributed by atoms with E-state index in [4.69, 9.17) is 16.3 Å². The molecule has 7 nitrogen and oxygen atoms in total. The number of aliphatic imine (C=N–C) groups is 1. The summed E-state index contributed by atoms with van der Waals surface area (Å²) in [6.45, 7) is 4.10. The second-order valence-electron chi connectivity index (χ2n) is 8.22. The van der Waals surface area contributed by atoms with Gasteiger partial charge in [0.1, 0.15) is 5.75 Å². The van der Waals surface area contributed by atoms with Gasteiger partial charge in [0.2, 0.25) is 11.8 Å². The maximum atomic E-state index is 12.8. The van der Waals surface area contributed by atoms with Crippen LogP contribution in [0.5, 0.6) is 5.75 Å². The summed E-state index contributed by atoms with van der Waals surface area (Å²) in [6, 6.07) is 5.63. The van der Waals surface area contributed by atoms with Gasteiger partial charge < -0.3 is 15.4 Å². The number of amides is 2. The second-order valence-corrected chi connectivity index (χ2v) is 8.63. The van der Waals surface area contributed by atoms with Crippen molar-refractivity contribution in [2.45, 2.75) is 19.8 Å². The topological polar surface area (TPSA) is 83.0 Å². The van der Waals surface area contributed by atoms with Crippen molar-refractivity contribution in [2.75, 3.05) is 33.3 Å². The maximum absolute atomic E-state index is 12.8. The van der Waals surface area contributed by atoms with E-state index in [1.807, 2.05) is 19.1 Å². The number of likely N-dealkylation sites (tertiary alicyclic amines) is 1. The van der Waals surface area contributed by atoms with Crippen molar-refractivity contribution in [1.29, 1.82) is 0 Å². The van der Waals surface area contributed by atoms with Crippen LogP contribution in [0.15, 0.2) is 35.3 Å². The highest BCUT2D eigenvalue weighted by Gasteiger charge is 2.58. The SMILES string of the molecule is CCNC(=NCCc1ccc(OC)cc1Cl)NCCN1C(=O)C2C3C=CC(C3)C2C1=O.I. The van der Waals surface area contributed by atoms with E-state index in [9.17, 15) is 9.59 Å². The fourth-order valence-electron chi connectivity index (χ4n) is 4.96. The monoisotopic (exact) mass is 572 g/mol. The maximum Gasteiger partial charge on any atom is 0.233 e. The molecule has 2 fully saturated rings. The summed E-state index contributed by atoms with van der Waals surface area (Å²) in [5, 5.41) is 7.10. The van der Waals surface area contributed by atoms with Crippen molar-refractivity contribution < 1.29 is 14.3 Å². The van der Waals surface area contributed by atoms with E-state index in [0.717, 1.165) is 24.3 Å². The minimum Gasteiger partial charge on any atom is -0.497 e. The number of hydrogen-bond donors (Lipinski definition) is 2. The van der Waals surface area contributed by atoms with Gasteiger partial charge in [-0.3, -0.25) is 19.5 Å². The summed E-state index contributed by atoms with van der Waals surface area (Å²) >= 11 is 6.30. The third kappa shape index (κ3) is 4.90. The molecule has 2 aliphatic carbocycles. The van der Waals surface area contributed by atoms with Crippen molar-refractivity contribution in [3.8, 4) is 5.75 Å². The molecule has 2 amide bonds. The Morgan fingerprint density at radius 2 is 1.88 bits per heavy atom. The third-order valence-electron chi connectivity index (χ3n) is 6.45. The number of rotatable bonds is 8. The zero-order chi connectivity index (χ0) is 22.0. The molecule has 0 radical (unpaired) electrons. The lowest BCUT2D eigenvalue weighted by atomic mass is 9.85. The number of halogens is 2. The lowest BCUT2D eigenvalue weighted by Crippen LogP contribution is -2.43. The van der Waals surface area contributed by atoms with Crippen LogP contribution < -0.4 is 15.4 Å². The Hall–Kier alpha value is -1.81. The molecule has 1 aliphatic heterocycles. The number of nitrogens with zero attached hydrogens (tertiary/aromatic N) is 2. The third-order valence-corrected chi connectivity index (χ3v) is 6.80. The van der Waals surface area contributed by atoms with E-state index in [-0.39, 0.29) is 59.5 Å². The van der Waals surface area contributed by atoms with Crippen LogP contribution in [-0.2, 0) is 16.0 Å². The normalized spacial score (nSPS) is 25.7. The number of methoxy groups -OCH3 is 1. The second kappa shape index (κ2) is 10.9. The molecule has 4 unspecified atom stereocenters. The molecule has 174 valence electrons. The number of guanidine groups is 1. The molecule has 0 spiro atoms. The predicted octanol–water partition coefficient (Wildman–Crippen LogP) is 2.87. The molecule has 4 atom stereocenters. The standard InChI is InChI=1S/C23H29ClN4O3.HI/c1-3-25-23(26-9-8-14-6-7-17(31-2)13-18(14)24)27-10-11-28-21(29)19-15-4-5-16(12-15)20(19)22(28)30;/h4-7,13,15-16,19-20H,3,8-12H2,1-2H3,(H2,25,26,27);1H. The van der Waals surface area contributed by atoms with Gasteiger partial charge in [0, 0.05) is 31.2 Å². The van der Waals surface area contributed by atoms with Gasteiger partial charge >= 0.3 is 0 Å². The fourth-order valence-corrected chi connectivity index (χ4v) is 5.22. The number of hydrogen-bond acceptors (Lipinski definition) is 4. The van der Waals surface area contributed by atoms with Gasteiger partial charge in [0.15, 0.2) is 5.96 Å². The zero-order valence-corrected chi connectivity index (χ0v) is 21.4. The summed E-state index contributed by atoms with van der Waals surface area (Å²) in [6.07, 6.45) is 5.88. The molecule has 1 saturated heterocycles. The van der Waals surface area contributed by atoms with Gasteiger partial charge in [-0.05, 0) is 49.3 Å². The van der Waals surface area contributed by atoms with Crippen molar-refractivity contribution in [1.82, 2.24) is 15.5 Å². The predicted molar refractivity (Wildman–Crippen MR) is 136 cm³/mol. The minimum absolute atomic E-state index is 0. The highest BCUT2D eigenvalue weighted by atomic mass is 127. The highest BCUT2D eigenvalue weighted by molar-refractivity contribution is 14.0. The largest absolute Gasteiger partial charge is 0.497 e. The van der Waals surface area contributed by atoms with Gasteiger partial charge in [-0.2, -0.15) is 0 Å². The first-order valence-corrected chi connectivity index (χ1v) is 11.3. The van der Waals surface area contributed by atoms with E-state index < -0.39 is 0 Å². The molecule has 1 aromatic rings. The number of ether oxygens (including phenoxy) is 1. The Balaban J connectivity index is 0.00000289. The van der Waals surface area contributed by atoms with Crippen LogP contribution in [0.25, 0.3) is 0 Å². The van der Waals surface area contributed by atoms with Crippen LogP contribution in [0, 0.1) is 23.7 Å². The van der Waals surface area contributed by atoms with Crippen molar-refractivity contribution in [2.24, 2.45) is 28.7 Å². The molecule has 3 aliphatic rings. The van der Waals surface area contributed by atoms with Crippen LogP contribution in [0.1, 0.15) is 18.9 Å². The molecule has 1 saturated carbocycles. The summed E-state index contributed by atoms with van der Waals surface area (Å²) in [5.74, 6) is 1.58. The Morgan fingerprint density at radius 1 is 1.19 bits per heavy atom. The van der Waals surface area contributed by atoms with E-state index in [1.54, 1.807) is 13.2 Å². The van der Waals surface area contributed by atoms with Crippen LogP contribution in [0.4, 0.5) is 0 Å². The fraction of sp³-hybridized carbons (Fsp3) is 0.522. The number of imide groups is 1.